The number of rotatable bonds is 14. The fourth-order valence-corrected chi connectivity index (χ4v) is 1.73. The molecule has 0 aromatic rings. The predicted molar refractivity (Wildman–Crippen MR) is 79.1 cm³/mol. The van der Waals surface area contributed by atoms with Crippen LogP contribution in [0.15, 0.2) is 0 Å². The molecule has 0 saturated carbocycles. The summed E-state index contributed by atoms with van der Waals surface area (Å²) in [6, 6.07) is 0. The Morgan fingerprint density at radius 3 is 1.33 bits per heavy atom. The minimum Gasteiger partial charge on any atom is -0.381 e. The molecule has 5 nitrogen and oxygen atoms in total. The van der Waals surface area contributed by atoms with Crippen molar-refractivity contribution in [3.63, 3.8) is 0 Å². The number of carbonyl (C=O) groups is 4. The van der Waals surface area contributed by atoms with Crippen molar-refractivity contribution in [3.05, 3.63) is 0 Å². The van der Waals surface area contributed by atoms with Gasteiger partial charge in [0.2, 0.25) is 0 Å². The molecule has 0 atom stereocenters. The molecule has 0 N–H and O–H groups in total. The SMILES string of the molecule is CC(=O)CCC(=O)CCCOCCCC(=O)CCC(C)=O. The minimum atomic E-state index is 0.0361. The van der Waals surface area contributed by atoms with Crippen LogP contribution < -0.4 is 0 Å². The highest BCUT2D eigenvalue weighted by molar-refractivity contribution is 5.85. The van der Waals surface area contributed by atoms with Crippen LogP contribution in [0.4, 0.5) is 0 Å². The molecule has 0 aliphatic carbocycles. The number of ketones is 4. The van der Waals surface area contributed by atoms with E-state index in [4.69, 9.17) is 4.74 Å². The lowest BCUT2D eigenvalue weighted by atomic mass is 10.1. The van der Waals surface area contributed by atoms with Crippen molar-refractivity contribution in [2.75, 3.05) is 13.2 Å². The number of ether oxygens (including phenoxy) is 1. The lowest BCUT2D eigenvalue weighted by Crippen LogP contribution is -2.06. The van der Waals surface area contributed by atoms with Crippen LogP contribution in [0.3, 0.4) is 0 Å². The molecular weight excluding hydrogens is 272 g/mol. The second kappa shape index (κ2) is 12.4. The van der Waals surface area contributed by atoms with Gasteiger partial charge in [0.05, 0.1) is 0 Å². The van der Waals surface area contributed by atoms with Gasteiger partial charge in [-0.1, -0.05) is 0 Å². The zero-order chi connectivity index (χ0) is 16.1. The minimum absolute atomic E-state index is 0.0361. The molecule has 0 rings (SSSR count). The van der Waals surface area contributed by atoms with E-state index in [0.717, 1.165) is 0 Å². The first-order valence-corrected chi connectivity index (χ1v) is 7.52. The molecule has 0 aliphatic rings. The maximum atomic E-state index is 11.4. The summed E-state index contributed by atoms with van der Waals surface area (Å²) >= 11 is 0. The van der Waals surface area contributed by atoms with Gasteiger partial charge in [-0.25, -0.2) is 0 Å². The Morgan fingerprint density at radius 2 is 1.00 bits per heavy atom. The second-order valence-electron chi connectivity index (χ2n) is 5.30. The van der Waals surface area contributed by atoms with Crippen molar-refractivity contribution in [3.8, 4) is 0 Å². The maximum absolute atomic E-state index is 11.4. The number of hydrogen-bond donors (Lipinski definition) is 0. The van der Waals surface area contributed by atoms with Crippen LogP contribution >= 0.6 is 0 Å². The van der Waals surface area contributed by atoms with E-state index in [0.29, 0.717) is 64.6 Å². The normalized spacial score (nSPS) is 10.4. The van der Waals surface area contributed by atoms with E-state index < -0.39 is 0 Å². The number of hydrogen-bond acceptors (Lipinski definition) is 5. The summed E-state index contributed by atoms with van der Waals surface area (Å²) in [4.78, 5) is 44.2. The Bertz CT molecular complexity index is 326. The first kappa shape index (κ1) is 19.6. The van der Waals surface area contributed by atoms with Crippen molar-refractivity contribution in [1.82, 2.24) is 0 Å². The monoisotopic (exact) mass is 298 g/mol. The summed E-state index contributed by atoms with van der Waals surface area (Å²) in [6.45, 7) is 3.95. The van der Waals surface area contributed by atoms with Gasteiger partial charge in [0.25, 0.3) is 0 Å². The van der Waals surface area contributed by atoms with E-state index >= 15 is 0 Å². The molecular formula is C16H26O5. The lowest BCUT2D eigenvalue weighted by Gasteiger charge is -2.04. The van der Waals surface area contributed by atoms with Gasteiger partial charge in [-0.05, 0) is 26.7 Å². The average molecular weight is 298 g/mol. The molecule has 0 aromatic heterocycles. The van der Waals surface area contributed by atoms with Crippen molar-refractivity contribution >= 4 is 23.1 Å². The standard InChI is InChI=1S/C16H26O5/c1-13(17)7-9-15(19)5-3-11-21-12-4-6-16(20)10-8-14(2)18/h3-12H2,1-2H3. The first-order chi connectivity index (χ1) is 9.91. The molecule has 0 spiro atoms. The Hall–Kier alpha value is -1.36. The van der Waals surface area contributed by atoms with Crippen molar-refractivity contribution < 1.29 is 23.9 Å². The predicted octanol–water partition coefficient (Wildman–Crippen LogP) is 2.44. The molecule has 0 radical (unpaired) electrons. The lowest BCUT2D eigenvalue weighted by molar-refractivity contribution is -0.123. The van der Waals surface area contributed by atoms with Gasteiger partial charge < -0.3 is 14.3 Å². The molecule has 0 heterocycles. The molecule has 0 aliphatic heterocycles. The van der Waals surface area contributed by atoms with Crippen LogP contribution in [0.5, 0.6) is 0 Å². The van der Waals surface area contributed by atoms with Crippen LogP contribution in [0.1, 0.15) is 65.2 Å². The Balaban J connectivity index is 3.36. The van der Waals surface area contributed by atoms with Crippen LogP contribution in [-0.4, -0.2) is 36.3 Å². The van der Waals surface area contributed by atoms with Gasteiger partial charge in [0.15, 0.2) is 0 Å². The van der Waals surface area contributed by atoms with Crippen molar-refractivity contribution in [2.45, 2.75) is 65.2 Å². The molecule has 0 fully saturated rings. The van der Waals surface area contributed by atoms with Crippen molar-refractivity contribution in [1.29, 1.82) is 0 Å². The Kier molecular flexibility index (Phi) is 11.6. The molecule has 120 valence electrons. The third-order valence-electron chi connectivity index (χ3n) is 3.00. The van der Waals surface area contributed by atoms with Crippen LogP contribution in [0.25, 0.3) is 0 Å². The average Bonchev–Trinajstić information content (AvgIpc) is 2.41. The smallest absolute Gasteiger partial charge is 0.133 e. The van der Waals surface area contributed by atoms with Crippen molar-refractivity contribution in [2.24, 2.45) is 0 Å². The highest BCUT2D eigenvalue weighted by atomic mass is 16.5. The number of carbonyl (C=O) groups excluding carboxylic acids is 4. The topological polar surface area (TPSA) is 77.5 Å². The van der Waals surface area contributed by atoms with Crippen LogP contribution in [0, 0.1) is 0 Å². The van der Waals surface area contributed by atoms with E-state index in [-0.39, 0.29) is 23.1 Å². The van der Waals surface area contributed by atoms with Gasteiger partial charge in [-0.3, -0.25) is 9.59 Å². The molecule has 21 heavy (non-hydrogen) atoms. The molecule has 0 unspecified atom stereocenters. The third-order valence-corrected chi connectivity index (χ3v) is 3.00. The summed E-state index contributed by atoms with van der Waals surface area (Å²) < 4.78 is 5.35. The second-order valence-corrected chi connectivity index (χ2v) is 5.30. The summed E-state index contributed by atoms with van der Waals surface area (Å²) in [7, 11) is 0. The summed E-state index contributed by atoms with van der Waals surface area (Å²) in [5.74, 6) is 0.254. The van der Waals surface area contributed by atoms with E-state index in [1.165, 1.54) is 13.8 Å². The quantitative estimate of drug-likeness (QED) is 0.460. The highest BCUT2D eigenvalue weighted by Gasteiger charge is 2.05. The summed E-state index contributed by atoms with van der Waals surface area (Å²) in [5, 5.41) is 0. The largest absolute Gasteiger partial charge is 0.381 e. The fraction of sp³-hybridized carbons (Fsp3) is 0.750. The highest BCUT2D eigenvalue weighted by Crippen LogP contribution is 2.02. The third kappa shape index (κ3) is 14.9. The van der Waals surface area contributed by atoms with E-state index in [9.17, 15) is 19.2 Å². The Morgan fingerprint density at radius 1 is 0.619 bits per heavy atom. The van der Waals surface area contributed by atoms with Gasteiger partial charge in [0, 0.05) is 51.7 Å². The molecule has 0 aromatic carbocycles. The van der Waals surface area contributed by atoms with E-state index in [1.54, 1.807) is 0 Å². The van der Waals surface area contributed by atoms with Gasteiger partial charge in [-0.15, -0.1) is 0 Å². The first-order valence-electron chi connectivity index (χ1n) is 7.52. The van der Waals surface area contributed by atoms with Crippen LogP contribution in [-0.2, 0) is 23.9 Å². The van der Waals surface area contributed by atoms with Crippen LogP contribution in [0.2, 0.25) is 0 Å². The van der Waals surface area contributed by atoms with E-state index in [1.807, 2.05) is 0 Å². The molecule has 0 saturated heterocycles. The molecule has 5 heteroatoms. The fourth-order valence-electron chi connectivity index (χ4n) is 1.73. The summed E-state index contributed by atoms with van der Waals surface area (Å²) in [6.07, 6.45) is 3.45. The van der Waals surface area contributed by atoms with Gasteiger partial charge in [-0.2, -0.15) is 0 Å². The molecule has 0 amide bonds. The number of Topliss-reactive ketones (excluding diaryl/α,β-unsaturated/α-hetero) is 4. The molecule has 0 bridgehead atoms. The maximum Gasteiger partial charge on any atom is 0.133 e. The zero-order valence-corrected chi connectivity index (χ0v) is 13.1. The zero-order valence-electron chi connectivity index (χ0n) is 13.1. The van der Waals surface area contributed by atoms with Gasteiger partial charge >= 0.3 is 0 Å². The Labute approximate surface area is 126 Å². The van der Waals surface area contributed by atoms with E-state index in [2.05, 4.69) is 0 Å². The summed E-state index contributed by atoms with van der Waals surface area (Å²) in [5.41, 5.74) is 0. The van der Waals surface area contributed by atoms with Gasteiger partial charge in [0.1, 0.15) is 23.1 Å².